The number of nitrogens with zero attached hydrogens (tertiary/aromatic N) is 3. The van der Waals surface area contributed by atoms with Crippen molar-refractivity contribution in [3.63, 3.8) is 0 Å². The molecule has 22 heavy (non-hydrogen) atoms. The molecule has 1 aromatic heterocycles. The van der Waals surface area contributed by atoms with Crippen LogP contribution in [0.2, 0.25) is 0 Å². The van der Waals surface area contributed by atoms with E-state index in [1.807, 2.05) is 38.2 Å². The van der Waals surface area contributed by atoms with Crippen LogP contribution < -0.4 is 10.5 Å². The summed E-state index contributed by atoms with van der Waals surface area (Å²) in [6, 6.07) is 7.87. The van der Waals surface area contributed by atoms with Crippen LogP contribution in [0.5, 0.6) is 0 Å². The highest BCUT2D eigenvalue weighted by molar-refractivity contribution is 9.10. The predicted molar refractivity (Wildman–Crippen MR) is 92.2 cm³/mol. The van der Waals surface area contributed by atoms with Crippen LogP contribution in [0.25, 0.3) is 0 Å². The Labute approximate surface area is 141 Å². The third-order valence-corrected chi connectivity index (χ3v) is 5.78. The fraction of sp³-hybridized carbons (Fsp3) is 0.333. The summed E-state index contributed by atoms with van der Waals surface area (Å²) < 4.78 is 4.29. The van der Waals surface area contributed by atoms with Crippen molar-refractivity contribution in [2.75, 3.05) is 10.7 Å². The zero-order chi connectivity index (χ0) is 16.0. The summed E-state index contributed by atoms with van der Waals surface area (Å²) in [4.78, 5) is 26.5. The van der Waals surface area contributed by atoms with E-state index in [0.717, 1.165) is 15.7 Å². The van der Waals surface area contributed by atoms with E-state index in [9.17, 15) is 9.59 Å². The Morgan fingerprint density at radius 2 is 1.77 bits per heavy atom. The zero-order valence-corrected chi connectivity index (χ0v) is 14.9. The molecule has 0 spiro atoms. The standard InChI is InChI=1S/C15H16BrN3O2S/c1-9-13(14(21)18(3)17(9)2)19-12(20)8-22-15(19)10-4-6-11(16)7-5-10/h4-7,15H,8H2,1-3H3. The second-order valence-corrected chi connectivity index (χ2v) is 7.25. The van der Waals surface area contributed by atoms with E-state index in [2.05, 4.69) is 15.9 Å². The van der Waals surface area contributed by atoms with E-state index < -0.39 is 0 Å². The summed E-state index contributed by atoms with van der Waals surface area (Å²) in [5.41, 5.74) is 2.15. The van der Waals surface area contributed by atoms with Crippen LogP contribution in [0.15, 0.2) is 33.5 Å². The monoisotopic (exact) mass is 381 g/mol. The molecule has 0 radical (unpaired) electrons. The van der Waals surface area contributed by atoms with Gasteiger partial charge >= 0.3 is 0 Å². The highest BCUT2D eigenvalue weighted by Crippen LogP contribution is 2.41. The Morgan fingerprint density at radius 3 is 2.32 bits per heavy atom. The van der Waals surface area contributed by atoms with E-state index in [0.29, 0.717) is 11.4 Å². The number of aromatic nitrogens is 2. The maximum atomic E-state index is 12.5. The van der Waals surface area contributed by atoms with Crippen molar-refractivity contribution in [2.45, 2.75) is 12.3 Å². The maximum Gasteiger partial charge on any atom is 0.290 e. The molecule has 7 heteroatoms. The first kappa shape index (κ1) is 15.4. The Hall–Kier alpha value is -1.47. The van der Waals surface area contributed by atoms with Gasteiger partial charge in [0.1, 0.15) is 11.1 Å². The molecule has 5 nitrogen and oxygen atoms in total. The minimum Gasteiger partial charge on any atom is -0.288 e. The lowest BCUT2D eigenvalue weighted by Gasteiger charge is -2.23. The van der Waals surface area contributed by atoms with Crippen LogP contribution in [-0.4, -0.2) is 21.0 Å². The van der Waals surface area contributed by atoms with Crippen molar-refractivity contribution < 1.29 is 4.79 Å². The molecule has 1 aliphatic rings. The van der Waals surface area contributed by atoms with E-state index in [1.165, 1.54) is 4.68 Å². The van der Waals surface area contributed by atoms with Gasteiger partial charge < -0.3 is 0 Å². The van der Waals surface area contributed by atoms with Crippen molar-refractivity contribution in [2.24, 2.45) is 14.1 Å². The van der Waals surface area contributed by atoms with Gasteiger partial charge in [-0.1, -0.05) is 28.1 Å². The molecule has 0 N–H and O–H groups in total. The SMILES string of the molecule is Cc1c(N2C(=O)CSC2c2ccc(Br)cc2)c(=O)n(C)n1C. The highest BCUT2D eigenvalue weighted by Gasteiger charge is 2.37. The topological polar surface area (TPSA) is 47.2 Å². The maximum absolute atomic E-state index is 12.5. The second kappa shape index (κ2) is 5.62. The molecule has 1 unspecified atom stereocenters. The van der Waals surface area contributed by atoms with E-state index >= 15 is 0 Å². The van der Waals surface area contributed by atoms with Gasteiger partial charge in [0.05, 0.1) is 11.4 Å². The normalized spacial score (nSPS) is 18.3. The summed E-state index contributed by atoms with van der Waals surface area (Å²) in [5, 5.41) is -0.158. The molecular formula is C15H16BrN3O2S. The Morgan fingerprint density at radius 1 is 1.14 bits per heavy atom. The van der Waals surface area contributed by atoms with Gasteiger partial charge in [-0.15, -0.1) is 11.8 Å². The minimum absolute atomic E-state index is 0.0238. The molecule has 1 amide bonds. The van der Waals surface area contributed by atoms with Crippen molar-refractivity contribution in [3.05, 3.63) is 50.3 Å². The molecule has 3 rings (SSSR count). The molecule has 1 atom stereocenters. The first-order chi connectivity index (χ1) is 10.4. The Balaban J connectivity index is 2.11. The smallest absolute Gasteiger partial charge is 0.288 e. The molecular weight excluding hydrogens is 366 g/mol. The zero-order valence-electron chi connectivity index (χ0n) is 12.5. The molecule has 1 saturated heterocycles. The molecule has 0 saturated carbocycles. The largest absolute Gasteiger partial charge is 0.290 e. The number of rotatable bonds is 2. The summed E-state index contributed by atoms with van der Waals surface area (Å²) in [7, 11) is 3.53. The number of carbonyl (C=O) groups excluding carboxylic acids is 1. The van der Waals surface area contributed by atoms with Crippen molar-refractivity contribution in [1.82, 2.24) is 9.36 Å². The van der Waals surface area contributed by atoms with Crippen molar-refractivity contribution in [3.8, 4) is 0 Å². The summed E-state index contributed by atoms with van der Waals surface area (Å²) in [6.45, 7) is 1.87. The number of thioether (sulfide) groups is 1. The lowest BCUT2D eigenvalue weighted by molar-refractivity contribution is -0.115. The Bertz CT molecular complexity index is 794. The van der Waals surface area contributed by atoms with Crippen LogP contribution in [0.4, 0.5) is 5.69 Å². The van der Waals surface area contributed by atoms with E-state index in [-0.39, 0.29) is 16.8 Å². The van der Waals surface area contributed by atoms with Gasteiger partial charge in [-0.25, -0.2) is 0 Å². The quantitative estimate of drug-likeness (QED) is 0.802. The van der Waals surface area contributed by atoms with Gasteiger partial charge in [0.25, 0.3) is 5.56 Å². The first-order valence-electron chi connectivity index (χ1n) is 6.83. The van der Waals surface area contributed by atoms with Gasteiger partial charge in [0.15, 0.2) is 0 Å². The molecule has 1 aromatic carbocycles. The molecule has 1 fully saturated rings. The molecule has 0 bridgehead atoms. The summed E-state index contributed by atoms with van der Waals surface area (Å²) in [5.74, 6) is 0.363. The van der Waals surface area contributed by atoms with Crippen LogP contribution in [0, 0.1) is 6.92 Å². The van der Waals surface area contributed by atoms with E-state index in [4.69, 9.17) is 0 Å². The van der Waals surface area contributed by atoms with Gasteiger partial charge in [0, 0.05) is 18.6 Å². The highest BCUT2D eigenvalue weighted by atomic mass is 79.9. The molecule has 116 valence electrons. The molecule has 0 aliphatic carbocycles. The minimum atomic E-state index is -0.158. The molecule has 2 heterocycles. The number of hydrogen-bond acceptors (Lipinski definition) is 3. The van der Waals surface area contributed by atoms with Crippen LogP contribution in [0.1, 0.15) is 16.6 Å². The van der Waals surface area contributed by atoms with Gasteiger partial charge in [-0.3, -0.25) is 23.9 Å². The van der Waals surface area contributed by atoms with E-state index in [1.54, 1.807) is 28.4 Å². The average Bonchev–Trinajstić information content (AvgIpc) is 2.95. The van der Waals surface area contributed by atoms with Gasteiger partial charge in [-0.2, -0.15) is 0 Å². The third kappa shape index (κ3) is 2.32. The number of hydrogen-bond donors (Lipinski definition) is 0. The van der Waals surface area contributed by atoms with Gasteiger partial charge in [0.2, 0.25) is 5.91 Å². The van der Waals surface area contributed by atoms with Crippen molar-refractivity contribution >= 4 is 39.3 Å². The Kier molecular flexibility index (Phi) is 3.94. The number of halogens is 1. The second-order valence-electron chi connectivity index (χ2n) is 5.27. The lowest BCUT2D eigenvalue weighted by atomic mass is 10.2. The summed E-state index contributed by atoms with van der Waals surface area (Å²) >= 11 is 4.97. The van der Waals surface area contributed by atoms with Crippen LogP contribution in [0.3, 0.4) is 0 Å². The van der Waals surface area contributed by atoms with Crippen LogP contribution >= 0.6 is 27.7 Å². The fourth-order valence-corrected chi connectivity index (χ4v) is 4.07. The predicted octanol–water partition coefficient (Wildman–Crippen LogP) is 2.57. The first-order valence-corrected chi connectivity index (χ1v) is 8.67. The number of anilines is 1. The number of amides is 1. The lowest BCUT2D eigenvalue weighted by Crippen LogP contribution is -2.32. The third-order valence-electron chi connectivity index (χ3n) is 4.04. The molecule has 1 aliphatic heterocycles. The fourth-order valence-electron chi connectivity index (χ4n) is 2.64. The number of benzene rings is 1. The van der Waals surface area contributed by atoms with Crippen LogP contribution in [-0.2, 0) is 18.9 Å². The molecule has 2 aromatic rings. The summed E-state index contributed by atoms with van der Waals surface area (Å²) in [6.07, 6.45) is 0. The van der Waals surface area contributed by atoms with Crippen molar-refractivity contribution in [1.29, 1.82) is 0 Å². The van der Waals surface area contributed by atoms with Gasteiger partial charge in [-0.05, 0) is 24.6 Å². The number of carbonyl (C=O) groups is 1. The average molecular weight is 382 g/mol.